The van der Waals surface area contributed by atoms with Crippen LogP contribution < -0.4 is 14.8 Å². The van der Waals surface area contributed by atoms with E-state index in [2.05, 4.69) is 34.5 Å². The van der Waals surface area contributed by atoms with Gasteiger partial charge in [0.25, 0.3) is 0 Å². The zero-order chi connectivity index (χ0) is 17.9. The van der Waals surface area contributed by atoms with Crippen LogP contribution in [-0.2, 0) is 17.8 Å². The molecule has 2 aliphatic rings. The highest BCUT2D eigenvalue weighted by Crippen LogP contribution is 2.33. The van der Waals surface area contributed by atoms with E-state index in [1.807, 2.05) is 25.2 Å². The van der Waals surface area contributed by atoms with Gasteiger partial charge in [0.05, 0.1) is 6.54 Å². The van der Waals surface area contributed by atoms with Crippen LogP contribution in [-0.4, -0.2) is 31.2 Å². The molecular weight excluding hydrogens is 328 g/mol. The molecule has 0 fully saturated rings. The molecule has 1 unspecified atom stereocenters. The first-order chi connectivity index (χ1) is 12.7. The average molecular weight is 352 g/mol. The molecule has 0 aromatic heterocycles. The summed E-state index contributed by atoms with van der Waals surface area (Å²) < 4.78 is 10.7. The first-order valence-electron chi connectivity index (χ1n) is 9.14. The normalized spacial score (nSPS) is 17.8. The summed E-state index contributed by atoms with van der Waals surface area (Å²) in [7, 11) is 2.03. The lowest BCUT2D eigenvalue weighted by molar-refractivity contribution is -0.122. The molecule has 26 heavy (non-hydrogen) atoms. The molecule has 1 N–H and O–H groups in total. The molecule has 1 amide bonds. The van der Waals surface area contributed by atoms with Crippen molar-refractivity contribution in [2.45, 2.75) is 31.8 Å². The number of likely N-dealkylation sites (N-methyl/N-ethyl adjacent to an activating group) is 1. The Balaban J connectivity index is 1.34. The van der Waals surface area contributed by atoms with Crippen LogP contribution in [0.1, 0.15) is 35.6 Å². The summed E-state index contributed by atoms with van der Waals surface area (Å²) in [5.41, 5.74) is 3.79. The zero-order valence-corrected chi connectivity index (χ0v) is 15.0. The number of nitrogens with zero attached hydrogens (tertiary/aromatic N) is 1. The van der Waals surface area contributed by atoms with Crippen LogP contribution >= 0.6 is 0 Å². The fourth-order valence-corrected chi connectivity index (χ4v) is 3.83. The molecule has 1 atom stereocenters. The van der Waals surface area contributed by atoms with E-state index in [0.29, 0.717) is 19.1 Å². The monoisotopic (exact) mass is 352 g/mol. The highest BCUT2D eigenvalue weighted by atomic mass is 16.7. The Morgan fingerprint density at radius 2 is 2.04 bits per heavy atom. The predicted octanol–water partition coefficient (Wildman–Crippen LogP) is 3.04. The summed E-state index contributed by atoms with van der Waals surface area (Å²) in [6, 6.07) is 14.7. The number of ether oxygens (including phenoxy) is 2. The topological polar surface area (TPSA) is 50.8 Å². The molecule has 0 saturated carbocycles. The summed E-state index contributed by atoms with van der Waals surface area (Å²) in [5, 5.41) is 3.01. The van der Waals surface area contributed by atoms with Gasteiger partial charge in [-0.15, -0.1) is 0 Å². The molecule has 0 bridgehead atoms. The highest BCUT2D eigenvalue weighted by molar-refractivity contribution is 5.78. The minimum atomic E-state index is 0.0354. The van der Waals surface area contributed by atoms with E-state index in [9.17, 15) is 4.79 Å². The number of nitrogens with one attached hydrogen (secondary N) is 1. The molecular formula is C21H24N2O3. The van der Waals surface area contributed by atoms with E-state index in [1.165, 1.54) is 17.5 Å². The van der Waals surface area contributed by atoms with Crippen LogP contribution in [0.3, 0.4) is 0 Å². The third-order valence-electron chi connectivity index (χ3n) is 5.19. The first kappa shape index (κ1) is 16.9. The molecule has 136 valence electrons. The van der Waals surface area contributed by atoms with Crippen molar-refractivity contribution in [3.63, 3.8) is 0 Å². The second kappa shape index (κ2) is 7.38. The van der Waals surface area contributed by atoms with Gasteiger partial charge in [-0.3, -0.25) is 9.69 Å². The summed E-state index contributed by atoms with van der Waals surface area (Å²) >= 11 is 0. The maximum Gasteiger partial charge on any atom is 0.234 e. The fraction of sp³-hybridized carbons (Fsp3) is 0.381. The maximum absolute atomic E-state index is 12.4. The lowest BCUT2D eigenvalue weighted by Gasteiger charge is -2.32. The second-order valence-electron chi connectivity index (χ2n) is 6.99. The van der Waals surface area contributed by atoms with Crippen molar-refractivity contribution >= 4 is 5.91 Å². The molecule has 2 aromatic carbocycles. The molecule has 2 aromatic rings. The van der Waals surface area contributed by atoms with Crippen LogP contribution in [0.15, 0.2) is 42.5 Å². The molecule has 1 heterocycles. The van der Waals surface area contributed by atoms with Crippen LogP contribution in [0.4, 0.5) is 0 Å². The number of benzene rings is 2. The van der Waals surface area contributed by atoms with E-state index >= 15 is 0 Å². The molecule has 0 saturated heterocycles. The Hall–Kier alpha value is -2.53. The Labute approximate surface area is 153 Å². The summed E-state index contributed by atoms with van der Waals surface area (Å²) in [6.07, 6.45) is 3.41. The maximum atomic E-state index is 12.4. The average Bonchev–Trinajstić information content (AvgIpc) is 3.13. The van der Waals surface area contributed by atoms with Crippen LogP contribution in [0.5, 0.6) is 11.5 Å². The lowest BCUT2D eigenvalue weighted by atomic mass is 9.87. The molecule has 4 rings (SSSR count). The van der Waals surface area contributed by atoms with E-state index < -0.39 is 0 Å². The molecule has 1 aliphatic carbocycles. The second-order valence-corrected chi connectivity index (χ2v) is 6.99. The highest BCUT2D eigenvalue weighted by Gasteiger charge is 2.24. The predicted molar refractivity (Wildman–Crippen MR) is 99.2 cm³/mol. The number of carbonyl (C=O) groups is 1. The molecule has 1 aliphatic heterocycles. The molecule has 5 nitrogen and oxygen atoms in total. The van der Waals surface area contributed by atoms with Crippen LogP contribution in [0.25, 0.3) is 0 Å². The van der Waals surface area contributed by atoms with Gasteiger partial charge in [-0.05, 0) is 55.1 Å². The van der Waals surface area contributed by atoms with E-state index in [0.717, 1.165) is 29.9 Å². The van der Waals surface area contributed by atoms with Gasteiger partial charge < -0.3 is 14.8 Å². The van der Waals surface area contributed by atoms with Gasteiger partial charge >= 0.3 is 0 Å². The van der Waals surface area contributed by atoms with Gasteiger partial charge in [0.15, 0.2) is 11.5 Å². The number of hydrogen-bond acceptors (Lipinski definition) is 4. The van der Waals surface area contributed by atoms with Gasteiger partial charge in [-0.1, -0.05) is 30.3 Å². The fourth-order valence-electron chi connectivity index (χ4n) is 3.83. The van der Waals surface area contributed by atoms with Crippen molar-refractivity contribution in [1.29, 1.82) is 0 Å². The number of fused-ring (bicyclic) bond motifs is 2. The third kappa shape index (κ3) is 3.53. The lowest BCUT2D eigenvalue weighted by Crippen LogP contribution is -2.37. The number of hydrogen-bond donors (Lipinski definition) is 1. The van der Waals surface area contributed by atoms with Gasteiger partial charge in [0.1, 0.15) is 0 Å². The Morgan fingerprint density at radius 1 is 1.19 bits per heavy atom. The number of amides is 1. The SMILES string of the molecule is CN(CC(=O)NCc1ccc2c(c1)OCO2)C1CCCc2ccccc21. The van der Waals surface area contributed by atoms with Gasteiger partial charge in [-0.25, -0.2) is 0 Å². The van der Waals surface area contributed by atoms with Crippen molar-refractivity contribution in [1.82, 2.24) is 10.2 Å². The van der Waals surface area contributed by atoms with Gasteiger partial charge in [0, 0.05) is 12.6 Å². The number of aryl methyl sites for hydroxylation is 1. The first-order valence-corrected chi connectivity index (χ1v) is 9.14. The van der Waals surface area contributed by atoms with Gasteiger partial charge in [-0.2, -0.15) is 0 Å². The molecule has 5 heteroatoms. The Bertz CT molecular complexity index is 806. The van der Waals surface area contributed by atoms with Crippen molar-refractivity contribution in [2.75, 3.05) is 20.4 Å². The quantitative estimate of drug-likeness (QED) is 0.899. The van der Waals surface area contributed by atoms with Crippen molar-refractivity contribution in [3.8, 4) is 11.5 Å². The third-order valence-corrected chi connectivity index (χ3v) is 5.19. The number of carbonyl (C=O) groups excluding carboxylic acids is 1. The largest absolute Gasteiger partial charge is 0.454 e. The smallest absolute Gasteiger partial charge is 0.234 e. The summed E-state index contributed by atoms with van der Waals surface area (Å²) in [4.78, 5) is 14.6. The summed E-state index contributed by atoms with van der Waals surface area (Å²) in [6.45, 7) is 1.15. The minimum absolute atomic E-state index is 0.0354. The van der Waals surface area contributed by atoms with Crippen molar-refractivity contribution < 1.29 is 14.3 Å². The number of rotatable bonds is 5. The molecule has 0 spiro atoms. The summed E-state index contributed by atoms with van der Waals surface area (Å²) in [5.74, 6) is 1.54. The zero-order valence-electron chi connectivity index (χ0n) is 15.0. The van der Waals surface area contributed by atoms with Crippen molar-refractivity contribution in [3.05, 3.63) is 59.2 Å². The Morgan fingerprint density at radius 3 is 2.96 bits per heavy atom. The van der Waals surface area contributed by atoms with Gasteiger partial charge in [0.2, 0.25) is 12.7 Å². The van der Waals surface area contributed by atoms with Crippen molar-refractivity contribution in [2.24, 2.45) is 0 Å². The van der Waals surface area contributed by atoms with E-state index in [4.69, 9.17) is 9.47 Å². The Kier molecular flexibility index (Phi) is 4.80. The van der Waals surface area contributed by atoms with E-state index in [1.54, 1.807) is 0 Å². The minimum Gasteiger partial charge on any atom is -0.454 e. The van der Waals surface area contributed by atoms with Crippen LogP contribution in [0.2, 0.25) is 0 Å². The molecule has 0 radical (unpaired) electrons. The standard InChI is InChI=1S/C21H24N2O3/c1-23(18-8-4-6-16-5-2-3-7-17(16)18)13-21(24)22-12-15-9-10-19-20(11-15)26-14-25-19/h2-3,5,7,9-11,18H,4,6,8,12-14H2,1H3,(H,22,24). The van der Waals surface area contributed by atoms with Crippen LogP contribution in [0, 0.1) is 0 Å². The van der Waals surface area contributed by atoms with E-state index in [-0.39, 0.29) is 12.7 Å².